The molecule has 1 aromatic rings. The van der Waals surface area contributed by atoms with Crippen LogP contribution in [-0.2, 0) is 4.79 Å². The van der Waals surface area contributed by atoms with Gasteiger partial charge in [0, 0.05) is 23.8 Å². The molecular weight excluding hydrogens is 284 g/mol. The van der Waals surface area contributed by atoms with Gasteiger partial charge in [-0.2, -0.15) is 0 Å². The number of aromatic amines is 1. The largest absolute Gasteiger partial charge is 0.481 e. The first-order chi connectivity index (χ1) is 10.3. The second kappa shape index (κ2) is 5.94. The summed E-state index contributed by atoms with van der Waals surface area (Å²) in [4.78, 5) is 40.4. The van der Waals surface area contributed by atoms with Crippen molar-refractivity contribution in [2.75, 3.05) is 6.54 Å². The van der Waals surface area contributed by atoms with Crippen LogP contribution in [0.3, 0.4) is 0 Å². The number of carboxylic acid groups (broad SMARTS) is 1. The highest BCUT2D eigenvalue weighted by atomic mass is 16.4. The molecule has 0 radical (unpaired) electrons. The minimum atomic E-state index is -0.867. The van der Waals surface area contributed by atoms with Gasteiger partial charge in [0.25, 0.3) is 5.91 Å². The van der Waals surface area contributed by atoms with Gasteiger partial charge in [-0.05, 0) is 46.1 Å². The van der Waals surface area contributed by atoms with Crippen molar-refractivity contribution in [1.82, 2.24) is 9.88 Å². The molecule has 2 rings (SSSR count). The smallest absolute Gasteiger partial charge is 0.308 e. The number of likely N-dealkylation sites (tertiary alicyclic amines) is 1. The quantitative estimate of drug-likeness (QED) is 0.837. The van der Waals surface area contributed by atoms with Crippen LogP contribution in [0, 0.1) is 19.8 Å². The fraction of sp³-hybridized carbons (Fsp3) is 0.562. The van der Waals surface area contributed by atoms with Crippen molar-refractivity contribution < 1.29 is 19.5 Å². The summed E-state index contributed by atoms with van der Waals surface area (Å²) in [5.74, 6) is -1.72. The SMILES string of the molecule is CC(=O)c1c(C)[nH]c(C(=O)N2CCC[C@@H](C(=O)O)[C@H]2C)c1C. The molecule has 0 unspecified atom stereocenters. The minimum Gasteiger partial charge on any atom is -0.481 e. The van der Waals surface area contributed by atoms with Gasteiger partial charge in [0.15, 0.2) is 5.78 Å². The van der Waals surface area contributed by atoms with Crippen LogP contribution in [0.1, 0.15) is 58.8 Å². The molecule has 0 aliphatic carbocycles. The van der Waals surface area contributed by atoms with Crippen LogP contribution in [-0.4, -0.2) is 45.2 Å². The average molecular weight is 306 g/mol. The molecule has 1 fully saturated rings. The number of rotatable bonds is 3. The van der Waals surface area contributed by atoms with Gasteiger partial charge in [-0.25, -0.2) is 0 Å². The van der Waals surface area contributed by atoms with E-state index in [-0.39, 0.29) is 17.7 Å². The van der Waals surface area contributed by atoms with Gasteiger partial charge in [0.1, 0.15) is 5.69 Å². The Morgan fingerprint density at radius 3 is 2.41 bits per heavy atom. The van der Waals surface area contributed by atoms with Crippen molar-refractivity contribution >= 4 is 17.7 Å². The van der Waals surface area contributed by atoms with Crippen molar-refractivity contribution in [3.05, 3.63) is 22.5 Å². The highest BCUT2D eigenvalue weighted by Gasteiger charge is 2.36. The molecule has 1 aliphatic rings. The number of carboxylic acids is 1. The molecule has 1 aromatic heterocycles. The highest BCUT2D eigenvalue weighted by Crippen LogP contribution is 2.27. The van der Waals surface area contributed by atoms with Gasteiger partial charge in [-0.1, -0.05) is 0 Å². The third-order valence-corrected chi connectivity index (χ3v) is 4.57. The third kappa shape index (κ3) is 2.65. The molecule has 2 atom stereocenters. The number of H-pyrrole nitrogens is 1. The molecule has 1 saturated heterocycles. The lowest BCUT2D eigenvalue weighted by Crippen LogP contribution is -2.49. The third-order valence-electron chi connectivity index (χ3n) is 4.57. The van der Waals surface area contributed by atoms with Crippen LogP contribution in [0.25, 0.3) is 0 Å². The Morgan fingerprint density at radius 1 is 1.27 bits per heavy atom. The number of hydrogen-bond acceptors (Lipinski definition) is 3. The fourth-order valence-corrected chi connectivity index (χ4v) is 3.40. The molecule has 0 spiro atoms. The lowest BCUT2D eigenvalue weighted by Gasteiger charge is -2.37. The molecule has 0 bridgehead atoms. The Balaban J connectivity index is 2.34. The summed E-state index contributed by atoms with van der Waals surface area (Å²) in [5, 5.41) is 9.26. The summed E-state index contributed by atoms with van der Waals surface area (Å²) >= 11 is 0. The first-order valence-corrected chi connectivity index (χ1v) is 7.49. The summed E-state index contributed by atoms with van der Waals surface area (Å²) in [6.45, 7) is 7.29. The number of nitrogens with zero attached hydrogens (tertiary/aromatic N) is 1. The van der Waals surface area contributed by atoms with E-state index in [1.807, 2.05) is 0 Å². The van der Waals surface area contributed by atoms with Gasteiger partial charge >= 0.3 is 5.97 Å². The van der Waals surface area contributed by atoms with Gasteiger partial charge in [-0.15, -0.1) is 0 Å². The second-order valence-corrected chi connectivity index (χ2v) is 6.01. The Bertz CT molecular complexity index is 632. The zero-order valence-corrected chi connectivity index (χ0v) is 13.4. The maximum Gasteiger partial charge on any atom is 0.308 e. The van der Waals surface area contributed by atoms with Gasteiger partial charge in [0.05, 0.1) is 5.92 Å². The monoisotopic (exact) mass is 306 g/mol. The van der Waals surface area contributed by atoms with Crippen molar-refractivity contribution in [2.24, 2.45) is 5.92 Å². The Hall–Kier alpha value is -2.11. The van der Waals surface area contributed by atoms with Crippen molar-refractivity contribution in [2.45, 2.75) is 46.6 Å². The van der Waals surface area contributed by atoms with Crippen molar-refractivity contribution in [1.29, 1.82) is 0 Å². The van der Waals surface area contributed by atoms with Crippen LogP contribution in [0.5, 0.6) is 0 Å². The molecule has 6 nitrogen and oxygen atoms in total. The Morgan fingerprint density at radius 2 is 1.91 bits per heavy atom. The van der Waals surface area contributed by atoms with E-state index in [4.69, 9.17) is 0 Å². The zero-order valence-electron chi connectivity index (χ0n) is 13.4. The number of aryl methyl sites for hydroxylation is 1. The first-order valence-electron chi connectivity index (χ1n) is 7.49. The molecule has 6 heteroatoms. The lowest BCUT2D eigenvalue weighted by molar-refractivity contribution is -0.144. The summed E-state index contributed by atoms with van der Waals surface area (Å²) in [6, 6.07) is -0.359. The molecule has 120 valence electrons. The molecule has 2 N–H and O–H groups in total. The predicted molar refractivity (Wildman–Crippen MR) is 81.1 cm³/mol. The summed E-state index contributed by atoms with van der Waals surface area (Å²) in [5.41, 5.74) is 2.25. The number of carbonyl (C=O) groups excluding carboxylic acids is 2. The standard InChI is InChI=1S/C16H22N2O4/c1-8-13(11(4)19)9(2)17-14(8)15(20)18-7-5-6-12(10(18)3)16(21)22/h10,12,17H,5-7H2,1-4H3,(H,21,22)/t10-,12-/m1/s1. The number of Topliss-reactive ketones (excluding diaryl/α,β-unsaturated/α-hetero) is 1. The number of aliphatic carboxylic acids is 1. The van der Waals surface area contributed by atoms with Crippen LogP contribution < -0.4 is 0 Å². The first kappa shape index (κ1) is 16.3. The predicted octanol–water partition coefficient (Wildman–Crippen LogP) is 2.16. The summed E-state index contributed by atoms with van der Waals surface area (Å²) in [7, 11) is 0. The number of hydrogen-bond donors (Lipinski definition) is 2. The lowest BCUT2D eigenvalue weighted by atomic mass is 9.90. The van der Waals surface area contributed by atoms with Gasteiger partial charge in [0.2, 0.25) is 0 Å². The molecule has 0 saturated carbocycles. The Labute approximate surface area is 129 Å². The number of piperidine rings is 1. The van der Waals surface area contributed by atoms with Crippen LogP contribution in [0.4, 0.5) is 0 Å². The number of nitrogens with one attached hydrogen (secondary N) is 1. The van der Waals surface area contributed by atoms with E-state index in [9.17, 15) is 19.5 Å². The van der Waals surface area contributed by atoms with Crippen molar-refractivity contribution in [3.63, 3.8) is 0 Å². The van der Waals surface area contributed by atoms with E-state index < -0.39 is 11.9 Å². The van der Waals surface area contributed by atoms with E-state index >= 15 is 0 Å². The van der Waals surface area contributed by atoms with Gasteiger partial charge in [-0.3, -0.25) is 14.4 Å². The zero-order chi connectivity index (χ0) is 16.6. The summed E-state index contributed by atoms with van der Waals surface area (Å²) < 4.78 is 0. The number of aromatic nitrogens is 1. The molecule has 0 aromatic carbocycles. The van der Waals surface area contributed by atoms with Crippen molar-refractivity contribution in [3.8, 4) is 0 Å². The van der Waals surface area contributed by atoms with Gasteiger partial charge < -0.3 is 15.0 Å². The van der Waals surface area contributed by atoms with E-state index in [1.54, 1.807) is 25.7 Å². The molecule has 1 amide bonds. The van der Waals surface area contributed by atoms with E-state index in [1.165, 1.54) is 6.92 Å². The van der Waals surface area contributed by atoms with E-state index in [0.717, 1.165) is 0 Å². The number of carbonyl (C=O) groups is 3. The average Bonchev–Trinajstić information content (AvgIpc) is 2.73. The minimum absolute atomic E-state index is 0.0830. The maximum absolute atomic E-state index is 12.8. The van der Waals surface area contributed by atoms with E-state index in [2.05, 4.69) is 4.98 Å². The number of ketones is 1. The van der Waals surface area contributed by atoms with Crippen LogP contribution in [0.15, 0.2) is 0 Å². The second-order valence-electron chi connectivity index (χ2n) is 6.01. The van der Waals surface area contributed by atoms with Crippen LogP contribution in [0.2, 0.25) is 0 Å². The molecule has 2 heterocycles. The molecule has 1 aliphatic heterocycles. The maximum atomic E-state index is 12.8. The topological polar surface area (TPSA) is 90.5 Å². The summed E-state index contributed by atoms with van der Waals surface area (Å²) in [6.07, 6.45) is 1.26. The normalized spacial score (nSPS) is 21.7. The fourth-order valence-electron chi connectivity index (χ4n) is 3.40. The highest BCUT2D eigenvalue weighted by molar-refractivity contribution is 6.02. The van der Waals surface area contributed by atoms with E-state index in [0.29, 0.717) is 41.9 Å². The van der Waals surface area contributed by atoms with Crippen LogP contribution >= 0.6 is 0 Å². The Kier molecular flexibility index (Phi) is 4.39. The molecule has 22 heavy (non-hydrogen) atoms. The number of amides is 1. The molecular formula is C16H22N2O4.